The van der Waals surface area contributed by atoms with E-state index in [2.05, 4.69) is 10.2 Å². The summed E-state index contributed by atoms with van der Waals surface area (Å²) < 4.78 is 9.77. The molecular weight excluding hydrogens is 252 g/mol. The van der Waals surface area contributed by atoms with Crippen molar-refractivity contribution in [2.45, 2.75) is 33.8 Å². The molecule has 0 atom stereocenters. The highest BCUT2D eigenvalue weighted by Gasteiger charge is 2.26. The number of aromatic nitrogens is 2. The van der Waals surface area contributed by atoms with Gasteiger partial charge < -0.3 is 9.47 Å². The number of aryl methyl sites for hydroxylation is 1. The van der Waals surface area contributed by atoms with Gasteiger partial charge in [-0.25, -0.2) is 14.7 Å². The average molecular weight is 268 g/mol. The van der Waals surface area contributed by atoms with Gasteiger partial charge in [-0.1, -0.05) is 0 Å². The van der Waals surface area contributed by atoms with Crippen molar-refractivity contribution >= 4 is 11.9 Å². The molecule has 7 nitrogen and oxygen atoms in total. The molecule has 0 saturated heterocycles. The predicted molar refractivity (Wildman–Crippen MR) is 66.1 cm³/mol. The first-order valence-corrected chi connectivity index (χ1v) is 5.85. The molecule has 0 amide bonds. The summed E-state index contributed by atoms with van der Waals surface area (Å²) in [5, 5.41) is 5.81. The number of carbonyl (C=O) groups excluding carboxylic acids is 2. The standard InChI is InChI=1S/C12H16N2O5/c1-5-18-11(16)9-8(12(17)19-6(2)3)7(4)13-14-10(9)15/h6H,5H2,1-4H3,(H,14,15). The maximum absolute atomic E-state index is 11.9. The van der Waals surface area contributed by atoms with Crippen LogP contribution in [0.2, 0.25) is 0 Å². The zero-order valence-corrected chi connectivity index (χ0v) is 11.3. The Hall–Kier alpha value is -2.18. The molecule has 7 heteroatoms. The third-order valence-corrected chi connectivity index (χ3v) is 2.19. The summed E-state index contributed by atoms with van der Waals surface area (Å²) in [6, 6.07) is 0. The van der Waals surface area contributed by atoms with E-state index in [1.807, 2.05) is 0 Å². The second-order valence-corrected chi connectivity index (χ2v) is 4.06. The third-order valence-electron chi connectivity index (χ3n) is 2.19. The molecule has 0 aliphatic rings. The molecule has 0 aliphatic carbocycles. The smallest absolute Gasteiger partial charge is 0.344 e. The molecule has 0 aromatic carbocycles. The fourth-order valence-corrected chi connectivity index (χ4v) is 1.46. The molecule has 1 aromatic heterocycles. The van der Waals surface area contributed by atoms with Crippen LogP contribution in [0.15, 0.2) is 4.79 Å². The van der Waals surface area contributed by atoms with E-state index in [4.69, 9.17) is 9.47 Å². The number of rotatable bonds is 4. The van der Waals surface area contributed by atoms with E-state index >= 15 is 0 Å². The van der Waals surface area contributed by atoms with Crippen molar-refractivity contribution in [3.8, 4) is 0 Å². The van der Waals surface area contributed by atoms with Crippen LogP contribution in [0.5, 0.6) is 0 Å². The number of esters is 2. The van der Waals surface area contributed by atoms with Crippen LogP contribution < -0.4 is 5.56 Å². The number of H-pyrrole nitrogens is 1. The summed E-state index contributed by atoms with van der Waals surface area (Å²) in [5.74, 6) is -1.64. The van der Waals surface area contributed by atoms with Crippen molar-refractivity contribution in [1.29, 1.82) is 0 Å². The number of carbonyl (C=O) groups is 2. The molecule has 1 rings (SSSR count). The molecule has 0 bridgehead atoms. The van der Waals surface area contributed by atoms with Crippen LogP contribution in [-0.2, 0) is 9.47 Å². The van der Waals surface area contributed by atoms with Gasteiger partial charge in [0.05, 0.1) is 18.4 Å². The molecule has 0 aliphatic heterocycles. The number of ether oxygens (including phenoxy) is 2. The summed E-state index contributed by atoms with van der Waals surface area (Å²) in [7, 11) is 0. The Morgan fingerprint density at radius 2 is 1.89 bits per heavy atom. The SMILES string of the molecule is CCOC(=O)c1c(C(=O)OC(C)C)c(C)n[nH]c1=O. The lowest BCUT2D eigenvalue weighted by atomic mass is 10.1. The second kappa shape index (κ2) is 6.12. The zero-order chi connectivity index (χ0) is 14.6. The van der Waals surface area contributed by atoms with Gasteiger partial charge in [-0.05, 0) is 27.7 Å². The van der Waals surface area contributed by atoms with Crippen molar-refractivity contribution in [3.63, 3.8) is 0 Å². The van der Waals surface area contributed by atoms with Crippen LogP contribution in [0.4, 0.5) is 0 Å². The molecule has 1 N–H and O–H groups in total. The van der Waals surface area contributed by atoms with Gasteiger partial charge in [0, 0.05) is 0 Å². The largest absolute Gasteiger partial charge is 0.462 e. The summed E-state index contributed by atoms with van der Waals surface area (Å²) in [4.78, 5) is 35.4. The fourth-order valence-electron chi connectivity index (χ4n) is 1.46. The molecule has 0 unspecified atom stereocenters. The second-order valence-electron chi connectivity index (χ2n) is 4.06. The number of nitrogens with zero attached hydrogens (tertiary/aromatic N) is 1. The Bertz CT molecular complexity index is 548. The molecule has 19 heavy (non-hydrogen) atoms. The molecular formula is C12H16N2O5. The Labute approximate surface area is 109 Å². The fraction of sp³-hybridized carbons (Fsp3) is 0.500. The highest BCUT2D eigenvalue weighted by Crippen LogP contribution is 2.12. The highest BCUT2D eigenvalue weighted by molar-refractivity contribution is 6.03. The van der Waals surface area contributed by atoms with Crippen molar-refractivity contribution in [2.75, 3.05) is 6.61 Å². The van der Waals surface area contributed by atoms with E-state index in [1.54, 1.807) is 20.8 Å². The molecule has 1 heterocycles. The van der Waals surface area contributed by atoms with Crippen molar-refractivity contribution in [2.24, 2.45) is 0 Å². The van der Waals surface area contributed by atoms with E-state index in [9.17, 15) is 14.4 Å². The first-order valence-electron chi connectivity index (χ1n) is 5.85. The Kier molecular flexibility index (Phi) is 4.80. The summed E-state index contributed by atoms with van der Waals surface area (Å²) >= 11 is 0. The molecule has 1 aromatic rings. The zero-order valence-electron chi connectivity index (χ0n) is 11.3. The number of hydrogen-bond acceptors (Lipinski definition) is 6. The first-order chi connectivity index (χ1) is 8.88. The van der Waals surface area contributed by atoms with Crippen LogP contribution in [0.3, 0.4) is 0 Å². The third kappa shape index (κ3) is 3.40. The van der Waals surface area contributed by atoms with Gasteiger partial charge in [0.25, 0.3) is 5.56 Å². The minimum Gasteiger partial charge on any atom is -0.462 e. The van der Waals surface area contributed by atoms with E-state index in [-0.39, 0.29) is 29.5 Å². The highest BCUT2D eigenvalue weighted by atomic mass is 16.5. The minimum absolute atomic E-state index is 0.0955. The Balaban J connectivity index is 3.36. The van der Waals surface area contributed by atoms with Crippen molar-refractivity contribution in [1.82, 2.24) is 10.2 Å². The van der Waals surface area contributed by atoms with Gasteiger partial charge in [-0.15, -0.1) is 0 Å². The topological polar surface area (TPSA) is 98.3 Å². The lowest BCUT2D eigenvalue weighted by Crippen LogP contribution is -2.28. The first kappa shape index (κ1) is 14.9. The normalized spacial score (nSPS) is 10.4. The molecule has 0 fully saturated rings. The van der Waals surface area contributed by atoms with E-state index in [1.165, 1.54) is 6.92 Å². The number of hydrogen-bond donors (Lipinski definition) is 1. The van der Waals surface area contributed by atoms with Crippen molar-refractivity contribution < 1.29 is 19.1 Å². The van der Waals surface area contributed by atoms with E-state index < -0.39 is 17.5 Å². The van der Waals surface area contributed by atoms with Gasteiger partial charge in [-0.3, -0.25) is 4.79 Å². The molecule has 0 radical (unpaired) electrons. The van der Waals surface area contributed by atoms with Gasteiger partial charge in [0.2, 0.25) is 0 Å². The monoisotopic (exact) mass is 268 g/mol. The predicted octanol–water partition coefficient (Wildman–Crippen LogP) is 0.820. The quantitative estimate of drug-likeness (QED) is 0.812. The summed E-state index contributed by atoms with van der Waals surface area (Å²) in [6.45, 7) is 6.52. The van der Waals surface area contributed by atoms with E-state index in [0.717, 1.165) is 0 Å². The average Bonchev–Trinajstić information content (AvgIpc) is 2.30. The molecule has 0 spiro atoms. The maximum Gasteiger partial charge on any atom is 0.344 e. The Morgan fingerprint density at radius 1 is 1.26 bits per heavy atom. The number of aromatic amines is 1. The minimum atomic E-state index is -0.870. The van der Waals surface area contributed by atoms with Gasteiger partial charge in [0.1, 0.15) is 11.1 Å². The molecule has 0 saturated carbocycles. The van der Waals surface area contributed by atoms with E-state index in [0.29, 0.717) is 0 Å². The summed E-state index contributed by atoms with van der Waals surface area (Å²) in [5.41, 5.74) is -1.11. The van der Waals surface area contributed by atoms with Crippen LogP contribution in [0.1, 0.15) is 47.2 Å². The van der Waals surface area contributed by atoms with Gasteiger partial charge in [-0.2, -0.15) is 5.10 Å². The lowest BCUT2D eigenvalue weighted by Gasteiger charge is -2.11. The molecule has 104 valence electrons. The van der Waals surface area contributed by atoms with Crippen molar-refractivity contribution in [3.05, 3.63) is 27.2 Å². The van der Waals surface area contributed by atoms with Crippen LogP contribution in [0.25, 0.3) is 0 Å². The lowest BCUT2D eigenvalue weighted by molar-refractivity contribution is 0.0360. The van der Waals surface area contributed by atoms with Crippen LogP contribution >= 0.6 is 0 Å². The van der Waals surface area contributed by atoms with Gasteiger partial charge >= 0.3 is 11.9 Å². The van der Waals surface area contributed by atoms with Gasteiger partial charge in [0.15, 0.2) is 0 Å². The Morgan fingerprint density at radius 3 is 2.42 bits per heavy atom. The summed E-state index contributed by atoms with van der Waals surface area (Å²) in [6.07, 6.45) is -0.374. The van der Waals surface area contributed by atoms with Crippen LogP contribution in [-0.4, -0.2) is 34.8 Å². The number of nitrogens with one attached hydrogen (secondary N) is 1. The maximum atomic E-state index is 11.9. The van der Waals surface area contributed by atoms with Crippen LogP contribution in [0, 0.1) is 6.92 Å².